The van der Waals surface area contributed by atoms with Crippen LogP contribution in [-0.4, -0.2) is 18.5 Å². The summed E-state index contributed by atoms with van der Waals surface area (Å²) in [7, 11) is 0. The highest BCUT2D eigenvalue weighted by atomic mass is 16.5. The molecule has 1 amide bonds. The molecule has 1 heterocycles. The molecule has 4 aromatic rings. The maximum absolute atomic E-state index is 13.1. The molecular weight excluding hydrogens is 404 g/mol. The molecule has 1 aromatic heterocycles. The Morgan fingerprint density at radius 3 is 2.44 bits per heavy atom. The third-order valence-corrected chi connectivity index (χ3v) is 4.90. The number of nitrogens with one attached hydrogen (secondary N) is 1. The lowest BCUT2D eigenvalue weighted by Crippen LogP contribution is -2.22. The SMILES string of the molecule is CCOC(=O)c1ccc(N=c2oc3ccccc3cc2C(=O)Nc2ccccc2C)cc1. The van der Waals surface area contributed by atoms with Gasteiger partial charge in [-0.15, -0.1) is 0 Å². The van der Waals surface area contributed by atoms with E-state index < -0.39 is 5.97 Å². The summed E-state index contributed by atoms with van der Waals surface area (Å²) in [4.78, 5) is 29.6. The minimum atomic E-state index is -0.396. The number of amides is 1. The smallest absolute Gasteiger partial charge is 0.338 e. The van der Waals surface area contributed by atoms with Gasteiger partial charge in [0.25, 0.3) is 5.91 Å². The topological polar surface area (TPSA) is 80.9 Å². The molecule has 0 aliphatic carbocycles. The molecule has 0 bridgehead atoms. The van der Waals surface area contributed by atoms with E-state index >= 15 is 0 Å². The second-order valence-electron chi connectivity index (χ2n) is 7.15. The minimum absolute atomic E-state index is 0.179. The van der Waals surface area contributed by atoms with Gasteiger partial charge in [0.1, 0.15) is 11.1 Å². The molecule has 0 spiro atoms. The summed E-state index contributed by atoms with van der Waals surface area (Å²) in [6.45, 7) is 3.99. The minimum Gasteiger partial charge on any atom is -0.462 e. The van der Waals surface area contributed by atoms with Crippen molar-refractivity contribution < 1.29 is 18.7 Å². The summed E-state index contributed by atoms with van der Waals surface area (Å²) in [5, 5.41) is 3.73. The maximum atomic E-state index is 13.1. The van der Waals surface area contributed by atoms with Crippen molar-refractivity contribution in [2.24, 2.45) is 4.99 Å². The average molecular weight is 426 g/mol. The highest BCUT2D eigenvalue weighted by molar-refractivity contribution is 6.05. The Bertz CT molecular complexity index is 1350. The van der Waals surface area contributed by atoms with Gasteiger partial charge in [-0.05, 0) is 61.9 Å². The Hall–Kier alpha value is -4.19. The number of aryl methyl sites for hydroxylation is 1. The third-order valence-electron chi connectivity index (χ3n) is 4.90. The number of benzene rings is 3. The van der Waals surface area contributed by atoms with Gasteiger partial charge in [-0.3, -0.25) is 4.79 Å². The van der Waals surface area contributed by atoms with Crippen LogP contribution in [0.25, 0.3) is 11.0 Å². The molecule has 0 radical (unpaired) electrons. The van der Waals surface area contributed by atoms with E-state index in [1.165, 1.54) is 0 Å². The molecule has 4 rings (SSSR count). The van der Waals surface area contributed by atoms with Crippen molar-refractivity contribution >= 4 is 34.2 Å². The lowest BCUT2D eigenvalue weighted by Gasteiger charge is -2.09. The number of esters is 1. The van der Waals surface area contributed by atoms with E-state index in [0.29, 0.717) is 29.0 Å². The van der Waals surface area contributed by atoms with Crippen LogP contribution in [0.3, 0.4) is 0 Å². The number of hydrogen-bond acceptors (Lipinski definition) is 5. The number of ether oxygens (including phenoxy) is 1. The number of fused-ring (bicyclic) bond motifs is 1. The first-order chi connectivity index (χ1) is 15.5. The first-order valence-corrected chi connectivity index (χ1v) is 10.3. The predicted molar refractivity (Wildman–Crippen MR) is 123 cm³/mol. The van der Waals surface area contributed by atoms with E-state index in [9.17, 15) is 9.59 Å². The summed E-state index contributed by atoms with van der Waals surface area (Å²) < 4.78 is 11.0. The molecule has 0 atom stereocenters. The van der Waals surface area contributed by atoms with Crippen LogP contribution in [0.2, 0.25) is 0 Å². The van der Waals surface area contributed by atoms with E-state index in [0.717, 1.165) is 16.6 Å². The van der Waals surface area contributed by atoms with Crippen LogP contribution in [0, 0.1) is 6.92 Å². The molecule has 1 N–H and O–H groups in total. The number of anilines is 1. The van der Waals surface area contributed by atoms with Crippen LogP contribution in [-0.2, 0) is 4.74 Å². The molecule has 6 heteroatoms. The molecule has 0 saturated heterocycles. The summed E-state index contributed by atoms with van der Waals surface area (Å²) in [6.07, 6.45) is 0. The van der Waals surface area contributed by atoms with E-state index in [1.54, 1.807) is 37.3 Å². The monoisotopic (exact) mass is 426 g/mol. The van der Waals surface area contributed by atoms with Crippen LogP contribution in [0.4, 0.5) is 11.4 Å². The Labute approximate surface area is 185 Å². The Morgan fingerprint density at radius 2 is 1.69 bits per heavy atom. The highest BCUT2D eigenvalue weighted by Crippen LogP contribution is 2.18. The van der Waals surface area contributed by atoms with Gasteiger partial charge < -0.3 is 14.5 Å². The van der Waals surface area contributed by atoms with Gasteiger partial charge in [0.05, 0.1) is 17.9 Å². The first kappa shape index (κ1) is 21.1. The molecule has 0 saturated carbocycles. The third kappa shape index (κ3) is 4.59. The molecule has 3 aromatic carbocycles. The largest absolute Gasteiger partial charge is 0.462 e. The Balaban J connectivity index is 1.77. The molecule has 0 unspecified atom stereocenters. The summed E-state index contributed by atoms with van der Waals surface area (Å²) in [5.74, 6) is -0.719. The Kier molecular flexibility index (Phi) is 6.12. The molecular formula is C26H22N2O4. The summed E-state index contributed by atoms with van der Waals surface area (Å²) >= 11 is 0. The van der Waals surface area contributed by atoms with Crippen LogP contribution in [0.1, 0.15) is 33.2 Å². The van der Waals surface area contributed by atoms with Crippen LogP contribution in [0.5, 0.6) is 0 Å². The average Bonchev–Trinajstić information content (AvgIpc) is 2.80. The number of hydrogen-bond donors (Lipinski definition) is 1. The second-order valence-corrected chi connectivity index (χ2v) is 7.15. The fraction of sp³-hybridized carbons (Fsp3) is 0.115. The van der Waals surface area contributed by atoms with Crippen molar-refractivity contribution in [2.45, 2.75) is 13.8 Å². The van der Waals surface area contributed by atoms with Crippen molar-refractivity contribution in [3.05, 3.63) is 101 Å². The summed E-state index contributed by atoms with van der Waals surface area (Å²) in [5.41, 5.74) is 3.74. The molecule has 0 aliphatic rings. The summed E-state index contributed by atoms with van der Waals surface area (Å²) in [6, 6.07) is 23.4. The number of carbonyl (C=O) groups excluding carboxylic acids is 2. The Morgan fingerprint density at radius 1 is 0.969 bits per heavy atom. The first-order valence-electron chi connectivity index (χ1n) is 10.3. The van der Waals surface area contributed by atoms with E-state index in [2.05, 4.69) is 10.3 Å². The normalized spacial score (nSPS) is 11.4. The van der Waals surface area contributed by atoms with Crippen molar-refractivity contribution in [2.75, 3.05) is 11.9 Å². The van der Waals surface area contributed by atoms with Gasteiger partial charge >= 0.3 is 5.97 Å². The van der Waals surface area contributed by atoms with Crippen LogP contribution in [0.15, 0.2) is 88.3 Å². The molecule has 32 heavy (non-hydrogen) atoms. The zero-order valence-electron chi connectivity index (χ0n) is 17.8. The molecule has 0 aliphatic heterocycles. The van der Waals surface area contributed by atoms with Gasteiger partial charge in [-0.25, -0.2) is 9.79 Å². The van der Waals surface area contributed by atoms with E-state index in [1.807, 2.05) is 55.5 Å². The van der Waals surface area contributed by atoms with Gasteiger partial charge in [0.15, 0.2) is 0 Å². The van der Waals surface area contributed by atoms with Gasteiger partial charge in [-0.1, -0.05) is 36.4 Å². The van der Waals surface area contributed by atoms with Gasteiger partial charge in [0.2, 0.25) is 5.55 Å². The molecule has 160 valence electrons. The van der Waals surface area contributed by atoms with Crippen molar-refractivity contribution in [1.82, 2.24) is 0 Å². The zero-order chi connectivity index (χ0) is 22.5. The quantitative estimate of drug-likeness (QED) is 0.433. The van der Waals surface area contributed by atoms with Crippen LogP contribution >= 0.6 is 0 Å². The van der Waals surface area contributed by atoms with Crippen molar-refractivity contribution in [1.29, 1.82) is 0 Å². The predicted octanol–water partition coefficient (Wildman–Crippen LogP) is 5.40. The fourth-order valence-electron chi connectivity index (χ4n) is 3.22. The van der Waals surface area contributed by atoms with E-state index in [4.69, 9.17) is 9.15 Å². The van der Waals surface area contributed by atoms with E-state index in [-0.39, 0.29) is 11.5 Å². The fourth-order valence-corrected chi connectivity index (χ4v) is 3.22. The molecule has 6 nitrogen and oxygen atoms in total. The highest BCUT2D eigenvalue weighted by Gasteiger charge is 2.14. The lowest BCUT2D eigenvalue weighted by atomic mass is 10.1. The van der Waals surface area contributed by atoms with Crippen molar-refractivity contribution in [3.63, 3.8) is 0 Å². The maximum Gasteiger partial charge on any atom is 0.338 e. The van der Waals surface area contributed by atoms with Crippen LogP contribution < -0.4 is 10.9 Å². The standard InChI is InChI=1S/C26H22N2O4/c1-3-31-26(30)18-12-14-20(15-13-18)27-25-21(16-19-9-5-7-11-23(19)32-25)24(29)28-22-10-6-4-8-17(22)2/h4-16H,3H2,1-2H3,(H,28,29). The van der Waals surface area contributed by atoms with Gasteiger partial charge in [-0.2, -0.15) is 0 Å². The molecule has 0 fully saturated rings. The van der Waals surface area contributed by atoms with Crippen molar-refractivity contribution in [3.8, 4) is 0 Å². The number of para-hydroxylation sites is 2. The number of nitrogens with zero attached hydrogens (tertiary/aromatic N) is 1. The zero-order valence-corrected chi connectivity index (χ0v) is 17.8. The number of carbonyl (C=O) groups is 2. The number of rotatable bonds is 5. The lowest BCUT2D eigenvalue weighted by molar-refractivity contribution is 0.0526. The van der Waals surface area contributed by atoms with Gasteiger partial charge in [0, 0.05) is 11.1 Å². The second kappa shape index (κ2) is 9.31.